The van der Waals surface area contributed by atoms with Crippen molar-refractivity contribution >= 4 is 11.0 Å². The Labute approximate surface area is 121 Å². The Kier molecular flexibility index (Phi) is 5.21. The Morgan fingerprint density at radius 1 is 1.20 bits per heavy atom. The average Bonchev–Trinajstić information content (AvgIpc) is 2.90. The highest BCUT2D eigenvalue weighted by molar-refractivity contribution is 5.77. The topological polar surface area (TPSA) is 36.6 Å². The molecule has 0 spiro atoms. The van der Waals surface area contributed by atoms with E-state index in [0.29, 0.717) is 18.2 Å². The quantitative estimate of drug-likeness (QED) is 0.834. The van der Waals surface area contributed by atoms with Crippen LogP contribution in [-0.4, -0.2) is 29.6 Å². The molecule has 2 atom stereocenters. The highest BCUT2D eigenvalue weighted by atomic mass is 16.4. The molecule has 0 saturated heterocycles. The molecule has 0 amide bonds. The number of benzene rings is 1. The fourth-order valence-electron chi connectivity index (χ4n) is 2.40. The van der Waals surface area contributed by atoms with Crippen LogP contribution in [0.1, 0.15) is 39.1 Å². The van der Waals surface area contributed by atoms with Crippen LogP contribution in [-0.2, 0) is 0 Å². The van der Waals surface area contributed by atoms with Crippen molar-refractivity contribution < 1.29 is 9.52 Å². The minimum absolute atomic E-state index is 0.564. The summed E-state index contributed by atoms with van der Waals surface area (Å²) in [6, 6.07) is 9.81. The smallest absolute Gasteiger partial charge is 0.135 e. The van der Waals surface area contributed by atoms with E-state index in [2.05, 4.69) is 25.7 Å². The van der Waals surface area contributed by atoms with E-state index in [1.54, 1.807) is 0 Å². The summed E-state index contributed by atoms with van der Waals surface area (Å²) < 4.78 is 5.73. The monoisotopic (exact) mass is 275 g/mol. The first-order valence-corrected chi connectivity index (χ1v) is 7.52. The highest BCUT2D eigenvalue weighted by Crippen LogP contribution is 2.24. The Morgan fingerprint density at radius 3 is 2.60 bits per heavy atom. The van der Waals surface area contributed by atoms with Crippen LogP contribution in [0, 0.1) is 5.92 Å². The molecule has 0 bridgehead atoms. The SMILES string of the molecule is CCC(C)CN(CC)CC(O)c1cc2ccccc2o1. The maximum Gasteiger partial charge on any atom is 0.135 e. The Morgan fingerprint density at radius 2 is 1.95 bits per heavy atom. The van der Waals surface area contributed by atoms with E-state index in [9.17, 15) is 5.11 Å². The minimum atomic E-state index is -0.564. The van der Waals surface area contributed by atoms with Crippen LogP contribution in [0.25, 0.3) is 11.0 Å². The summed E-state index contributed by atoms with van der Waals surface area (Å²) >= 11 is 0. The first-order chi connectivity index (χ1) is 9.63. The summed E-state index contributed by atoms with van der Waals surface area (Å²) in [5.74, 6) is 1.31. The fraction of sp³-hybridized carbons (Fsp3) is 0.529. The van der Waals surface area contributed by atoms with Crippen molar-refractivity contribution in [3.63, 3.8) is 0 Å². The van der Waals surface area contributed by atoms with Crippen LogP contribution in [0.15, 0.2) is 34.7 Å². The van der Waals surface area contributed by atoms with Crippen LogP contribution in [0.3, 0.4) is 0 Å². The number of fused-ring (bicyclic) bond motifs is 1. The maximum absolute atomic E-state index is 10.4. The number of rotatable bonds is 7. The van der Waals surface area contributed by atoms with Gasteiger partial charge in [0, 0.05) is 18.5 Å². The number of nitrogens with zero attached hydrogens (tertiary/aromatic N) is 1. The minimum Gasteiger partial charge on any atom is -0.458 e. The molecule has 1 N–H and O–H groups in total. The molecule has 0 aliphatic heterocycles. The van der Waals surface area contributed by atoms with E-state index < -0.39 is 6.10 Å². The van der Waals surface area contributed by atoms with Crippen molar-refractivity contribution in [3.8, 4) is 0 Å². The molecule has 0 radical (unpaired) electrons. The zero-order valence-corrected chi connectivity index (χ0v) is 12.7. The van der Waals surface area contributed by atoms with Gasteiger partial charge in [-0.25, -0.2) is 0 Å². The molecule has 2 rings (SSSR count). The summed E-state index contributed by atoms with van der Waals surface area (Å²) in [6.45, 7) is 9.17. The Hall–Kier alpha value is -1.32. The van der Waals surface area contributed by atoms with Crippen molar-refractivity contribution in [1.29, 1.82) is 0 Å². The van der Waals surface area contributed by atoms with Crippen molar-refractivity contribution in [2.24, 2.45) is 5.92 Å². The van der Waals surface area contributed by atoms with Gasteiger partial charge in [0.25, 0.3) is 0 Å². The molecule has 0 aliphatic rings. The van der Waals surface area contributed by atoms with Gasteiger partial charge in [0.2, 0.25) is 0 Å². The molecule has 2 unspecified atom stereocenters. The van der Waals surface area contributed by atoms with Gasteiger partial charge in [0.1, 0.15) is 17.4 Å². The standard InChI is InChI=1S/C17H25NO2/c1-4-13(3)11-18(5-2)12-15(19)17-10-14-8-6-7-9-16(14)20-17/h6-10,13,15,19H,4-5,11-12H2,1-3H3. The molecule has 3 heteroatoms. The number of hydrogen-bond donors (Lipinski definition) is 1. The van der Waals surface area contributed by atoms with Crippen LogP contribution in [0.5, 0.6) is 0 Å². The second kappa shape index (κ2) is 6.91. The van der Waals surface area contributed by atoms with Crippen LogP contribution < -0.4 is 0 Å². The molecular weight excluding hydrogens is 250 g/mol. The third-order valence-electron chi connectivity index (χ3n) is 3.92. The number of hydrogen-bond acceptors (Lipinski definition) is 3. The molecule has 0 aliphatic carbocycles. The van der Waals surface area contributed by atoms with E-state index in [1.165, 1.54) is 0 Å². The molecule has 20 heavy (non-hydrogen) atoms. The zero-order chi connectivity index (χ0) is 14.5. The van der Waals surface area contributed by atoms with E-state index in [0.717, 1.165) is 30.5 Å². The highest BCUT2D eigenvalue weighted by Gasteiger charge is 2.17. The number of aliphatic hydroxyl groups is 1. The van der Waals surface area contributed by atoms with E-state index in [4.69, 9.17) is 4.42 Å². The fourth-order valence-corrected chi connectivity index (χ4v) is 2.40. The molecule has 1 heterocycles. The molecular formula is C17H25NO2. The van der Waals surface area contributed by atoms with Gasteiger partial charge < -0.3 is 14.4 Å². The Balaban J connectivity index is 2.04. The second-order valence-corrected chi connectivity index (χ2v) is 5.57. The van der Waals surface area contributed by atoms with Crippen molar-refractivity contribution in [2.75, 3.05) is 19.6 Å². The van der Waals surface area contributed by atoms with Gasteiger partial charge in [0.15, 0.2) is 0 Å². The Bertz CT molecular complexity index is 502. The molecule has 1 aromatic carbocycles. The van der Waals surface area contributed by atoms with Gasteiger partial charge in [-0.3, -0.25) is 0 Å². The average molecular weight is 275 g/mol. The second-order valence-electron chi connectivity index (χ2n) is 5.57. The van der Waals surface area contributed by atoms with Crippen molar-refractivity contribution in [2.45, 2.75) is 33.3 Å². The lowest BCUT2D eigenvalue weighted by atomic mass is 10.1. The zero-order valence-electron chi connectivity index (χ0n) is 12.7. The largest absolute Gasteiger partial charge is 0.458 e. The van der Waals surface area contributed by atoms with Crippen LogP contribution >= 0.6 is 0 Å². The van der Waals surface area contributed by atoms with Gasteiger partial charge in [-0.2, -0.15) is 0 Å². The first-order valence-electron chi connectivity index (χ1n) is 7.52. The van der Waals surface area contributed by atoms with Gasteiger partial charge in [-0.15, -0.1) is 0 Å². The third-order valence-corrected chi connectivity index (χ3v) is 3.92. The summed E-state index contributed by atoms with van der Waals surface area (Å²) in [7, 11) is 0. The lowest BCUT2D eigenvalue weighted by molar-refractivity contribution is 0.0912. The number of likely N-dealkylation sites (N-methyl/N-ethyl adjacent to an activating group) is 1. The van der Waals surface area contributed by atoms with Gasteiger partial charge >= 0.3 is 0 Å². The predicted octanol–water partition coefficient (Wildman–Crippen LogP) is 3.83. The van der Waals surface area contributed by atoms with Gasteiger partial charge in [-0.05, 0) is 24.6 Å². The molecule has 0 fully saturated rings. The summed E-state index contributed by atoms with van der Waals surface area (Å²) in [5.41, 5.74) is 0.839. The molecule has 110 valence electrons. The van der Waals surface area contributed by atoms with Crippen LogP contribution in [0.2, 0.25) is 0 Å². The lowest BCUT2D eigenvalue weighted by Crippen LogP contribution is -2.32. The summed E-state index contributed by atoms with van der Waals surface area (Å²) in [6.07, 6.45) is 0.600. The number of para-hydroxylation sites is 1. The third kappa shape index (κ3) is 3.62. The number of aliphatic hydroxyl groups excluding tert-OH is 1. The van der Waals surface area contributed by atoms with E-state index in [-0.39, 0.29) is 0 Å². The predicted molar refractivity (Wildman–Crippen MR) is 82.7 cm³/mol. The van der Waals surface area contributed by atoms with Crippen molar-refractivity contribution in [3.05, 3.63) is 36.1 Å². The first kappa shape index (κ1) is 15.1. The lowest BCUT2D eigenvalue weighted by Gasteiger charge is -2.25. The molecule has 2 aromatic rings. The normalized spacial score (nSPS) is 14.8. The summed E-state index contributed by atoms with van der Waals surface area (Å²) in [4.78, 5) is 2.28. The van der Waals surface area contributed by atoms with Gasteiger partial charge in [-0.1, -0.05) is 45.4 Å². The maximum atomic E-state index is 10.4. The summed E-state index contributed by atoms with van der Waals surface area (Å²) in [5, 5.41) is 11.4. The van der Waals surface area contributed by atoms with Crippen LogP contribution in [0.4, 0.5) is 0 Å². The molecule has 3 nitrogen and oxygen atoms in total. The van der Waals surface area contributed by atoms with E-state index in [1.807, 2.05) is 30.3 Å². The molecule has 0 saturated carbocycles. The number of furan rings is 1. The molecule has 1 aromatic heterocycles. The van der Waals surface area contributed by atoms with Gasteiger partial charge in [0.05, 0.1) is 0 Å². The van der Waals surface area contributed by atoms with Crippen molar-refractivity contribution in [1.82, 2.24) is 4.90 Å². The van der Waals surface area contributed by atoms with E-state index >= 15 is 0 Å².